The molecule has 0 heterocycles. The Labute approximate surface area is 72.5 Å². The Morgan fingerprint density at radius 2 is 1.33 bits per heavy atom. The lowest BCUT2D eigenvalue weighted by molar-refractivity contribution is 0.782. The maximum absolute atomic E-state index is 5.65. The van der Waals surface area contributed by atoms with E-state index in [2.05, 4.69) is 13.8 Å². The normalized spacial score (nSPS) is 8.67. The Hall–Kier alpha value is 0.870. The molecule has 0 atom stereocenters. The summed E-state index contributed by atoms with van der Waals surface area (Å²) in [6.45, 7) is 4.20. The van der Waals surface area contributed by atoms with Gasteiger partial charge in [-0.25, -0.2) is 0 Å². The van der Waals surface area contributed by atoms with Crippen molar-refractivity contribution in [3.63, 3.8) is 0 Å². The van der Waals surface area contributed by atoms with Gasteiger partial charge in [-0.2, -0.15) is 0 Å². The molecule has 0 spiro atoms. The van der Waals surface area contributed by atoms with Gasteiger partial charge in [0.05, 0.1) is 5.34 Å². The molecule has 0 fully saturated rings. The summed E-state index contributed by atoms with van der Waals surface area (Å²) in [6, 6.07) is 0. The van der Waals surface area contributed by atoms with Crippen LogP contribution in [0.25, 0.3) is 0 Å². The van der Waals surface area contributed by atoms with Crippen LogP contribution in [0.15, 0.2) is 0 Å². The van der Waals surface area contributed by atoms with Crippen LogP contribution in [0.5, 0.6) is 0 Å². The molecule has 0 nitrogen and oxygen atoms in total. The van der Waals surface area contributed by atoms with Crippen molar-refractivity contribution in [3.05, 3.63) is 0 Å². The van der Waals surface area contributed by atoms with Gasteiger partial charge in [0.2, 0.25) is 0 Å². The van der Waals surface area contributed by atoms with E-state index in [0.29, 0.717) is 5.38 Å². The fourth-order valence-corrected chi connectivity index (χ4v) is 0.289. The Morgan fingerprint density at radius 3 is 1.33 bits per heavy atom. The molecule has 0 saturated heterocycles. The summed E-state index contributed by atoms with van der Waals surface area (Å²) in [5.74, 6) is 0. The van der Waals surface area contributed by atoms with Crippen LogP contribution in [0.2, 0.25) is 0 Å². The lowest BCUT2D eigenvalue weighted by Crippen LogP contribution is -1.89. The van der Waals surface area contributed by atoms with Gasteiger partial charge in [0, 0.05) is 5.38 Å². The van der Waals surface area contributed by atoms with Gasteiger partial charge in [0.25, 0.3) is 0 Å². The van der Waals surface area contributed by atoms with Crippen LogP contribution in [0.3, 0.4) is 0 Å². The van der Waals surface area contributed by atoms with E-state index in [-0.39, 0.29) is 5.34 Å². The molecule has 0 radical (unpaired) electrons. The second-order valence-electron chi connectivity index (χ2n) is 1.51. The predicted molar refractivity (Wildman–Crippen MR) is 46.8 cm³/mol. The highest BCUT2D eigenvalue weighted by Crippen LogP contribution is 2.03. The van der Waals surface area contributed by atoms with Crippen LogP contribution in [0, 0.1) is 0 Å². The first kappa shape index (κ1) is 12.5. The van der Waals surface area contributed by atoms with Crippen molar-refractivity contribution in [3.8, 4) is 0 Å². The number of alkyl halides is 3. The molecule has 0 N–H and O–H groups in total. The maximum Gasteiger partial charge on any atom is 0.0967 e. The fraction of sp³-hybridized carbons (Fsp3) is 1.00. The summed E-state index contributed by atoms with van der Waals surface area (Å²) in [4.78, 5) is 0. The van der Waals surface area contributed by atoms with E-state index in [9.17, 15) is 0 Å². The second-order valence-corrected chi connectivity index (χ2v) is 2.94. The van der Waals surface area contributed by atoms with Crippen molar-refractivity contribution in [2.24, 2.45) is 0 Å². The van der Waals surface area contributed by atoms with Gasteiger partial charge in [-0.3, -0.25) is 0 Å². The zero-order chi connectivity index (χ0) is 7.70. The zero-order valence-corrected chi connectivity index (χ0v) is 8.10. The SMILES string of the molecule is CCC(Cl)CC.ClCCl. The molecule has 9 heavy (non-hydrogen) atoms. The van der Waals surface area contributed by atoms with Gasteiger partial charge in [-0.05, 0) is 12.8 Å². The molecule has 0 aliphatic carbocycles. The molecule has 0 unspecified atom stereocenters. The van der Waals surface area contributed by atoms with E-state index in [1.807, 2.05) is 0 Å². The van der Waals surface area contributed by atoms with Crippen molar-refractivity contribution in [1.82, 2.24) is 0 Å². The summed E-state index contributed by atoms with van der Waals surface area (Å²) < 4.78 is 0. The van der Waals surface area contributed by atoms with Gasteiger partial charge in [-0.15, -0.1) is 34.8 Å². The van der Waals surface area contributed by atoms with Gasteiger partial charge in [0.15, 0.2) is 0 Å². The standard InChI is InChI=1S/C5H11Cl.CH2Cl2/c1-3-5(6)4-2;2-1-3/h5H,3-4H2,1-2H3;1H2. The first-order valence-corrected chi connectivity index (χ1v) is 4.49. The molecule has 0 bridgehead atoms. The molecule has 0 aromatic carbocycles. The van der Waals surface area contributed by atoms with Gasteiger partial charge in [-0.1, -0.05) is 13.8 Å². The minimum atomic E-state index is 0.194. The molecule has 0 aliphatic heterocycles. The van der Waals surface area contributed by atoms with Crippen LogP contribution in [0.1, 0.15) is 26.7 Å². The summed E-state index contributed by atoms with van der Waals surface area (Å²) in [7, 11) is 0. The van der Waals surface area contributed by atoms with Gasteiger partial charge >= 0.3 is 0 Å². The quantitative estimate of drug-likeness (QED) is 0.582. The van der Waals surface area contributed by atoms with Crippen molar-refractivity contribution in [2.45, 2.75) is 32.1 Å². The Bertz CT molecular complexity index is 35.3. The van der Waals surface area contributed by atoms with E-state index >= 15 is 0 Å². The average molecular weight is 192 g/mol. The maximum atomic E-state index is 5.65. The third-order valence-electron chi connectivity index (χ3n) is 0.886. The molecule has 0 amide bonds. The van der Waals surface area contributed by atoms with Crippen LogP contribution >= 0.6 is 34.8 Å². The summed E-state index contributed by atoms with van der Waals surface area (Å²) in [5, 5.41) is 0.602. The summed E-state index contributed by atoms with van der Waals surface area (Å²) in [6.07, 6.45) is 2.19. The smallest absolute Gasteiger partial charge is 0.0967 e. The van der Waals surface area contributed by atoms with E-state index in [1.54, 1.807) is 0 Å². The highest BCUT2D eigenvalue weighted by Gasteiger charge is 1.91. The monoisotopic (exact) mass is 190 g/mol. The Balaban J connectivity index is 0. The van der Waals surface area contributed by atoms with Gasteiger partial charge < -0.3 is 0 Å². The molecule has 58 valence electrons. The van der Waals surface area contributed by atoms with E-state index < -0.39 is 0 Å². The summed E-state index contributed by atoms with van der Waals surface area (Å²) in [5.41, 5.74) is 0. The molecule has 3 heteroatoms. The molecular formula is C6H13Cl3. The molecule has 0 aliphatic rings. The average Bonchev–Trinajstić information content (AvgIpc) is 1.88. The predicted octanol–water partition coefficient (Wildman–Crippen LogP) is 3.84. The Kier molecular flexibility index (Phi) is 16.2. The number of hydrogen-bond acceptors (Lipinski definition) is 0. The first-order chi connectivity index (χ1) is 4.22. The highest BCUT2D eigenvalue weighted by molar-refractivity contribution is 6.40. The minimum Gasteiger partial charge on any atom is -0.123 e. The first-order valence-electron chi connectivity index (χ1n) is 2.98. The van der Waals surface area contributed by atoms with Crippen LogP contribution < -0.4 is 0 Å². The summed E-state index contributed by atoms with van der Waals surface area (Å²) >= 11 is 15.2. The van der Waals surface area contributed by atoms with E-state index in [1.165, 1.54) is 0 Å². The minimum absolute atomic E-state index is 0.194. The molecule has 0 aromatic rings. The third kappa shape index (κ3) is 17.7. The van der Waals surface area contributed by atoms with Crippen molar-refractivity contribution >= 4 is 34.8 Å². The number of hydrogen-bond donors (Lipinski definition) is 0. The Morgan fingerprint density at radius 1 is 1.11 bits per heavy atom. The number of rotatable bonds is 2. The second kappa shape index (κ2) is 11.6. The van der Waals surface area contributed by atoms with Crippen LogP contribution in [-0.2, 0) is 0 Å². The van der Waals surface area contributed by atoms with E-state index in [0.717, 1.165) is 12.8 Å². The lowest BCUT2D eigenvalue weighted by atomic mass is 10.3. The number of halogens is 3. The van der Waals surface area contributed by atoms with Crippen molar-refractivity contribution in [1.29, 1.82) is 0 Å². The van der Waals surface area contributed by atoms with Gasteiger partial charge in [0.1, 0.15) is 0 Å². The topological polar surface area (TPSA) is 0 Å². The van der Waals surface area contributed by atoms with Crippen LogP contribution in [0.4, 0.5) is 0 Å². The fourth-order valence-electron chi connectivity index (χ4n) is 0.289. The molecule has 0 rings (SSSR count). The zero-order valence-electron chi connectivity index (χ0n) is 5.83. The van der Waals surface area contributed by atoms with Crippen LogP contribution in [-0.4, -0.2) is 10.7 Å². The molecule has 0 saturated carbocycles. The third-order valence-corrected chi connectivity index (χ3v) is 1.50. The highest BCUT2D eigenvalue weighted by atomic mass is 35.5. The lowest BCUT2D eigenvalue weighted by Gasteiger charge is -1.95. The molecule has 0 aromatic heterocycles. The van der Waals surface area contributed by atoms with Crippen molar-refractivity contribution in [2.75, 3.05) is 5.34 Å². The molecular weight excluding hydrogens is 178 g/mol. The van der Waals surface area contributed by atoms with Crippen molar-refractivity contribution < 1.29 is 0 Å². The van der Waals surface area contributed by atoms with E-state index in [4.69, 9.17) is 34.8 Å². The largest absolute Gasteiger partial charge is 0.123 e.